The molecule has 2 saturated carbocycles. The molecule has 27 heavy (non-hydrogen) atoms. The summed E-state index contributed by atoms with van der Waals surface area (Å²) < 4.78 is 5.36. The molecule has 1 aromatic rings. The van der Waals surface area contributed by atoms with Gasteiger partial charge in [0.25, 0.3) is 0 Å². The Hall–Kier alpha value is -1.89. The maximum Gasteiger partial charge on any atom is 0.341 e. The van der Waals surface area contributed by atoms with Crippen LogP contribution in [0.1, 0.15) is 66.2 Å². The molecule has 0 aliphatic heterocycles. The number of esters is 1. The number of fused-ring (bicyclic) bond motifs is 3. The Morgan fingerprint density at radius 3 is 2.81 bits per heavy atom. The van der Waals surface area contributed by atoms with Gasteiger partial charge < -0.3 is 15.2 Å². The highest BCUT2D eigenvalue weighted by Gasteiger charge is 2.57. The van der Waals surface area contributed by atoms with Crippen LogP contribution in [0.25, 0.3) is 0 Å². The third-order valence-electron chi connectivity index (χ3n) is 6.41. The molecular formula is C20H25NO5S. The van der Waals surface area contributed by atoms with E-state index in [1.165, 1.54) is 11.3 Å². The quantitative estimate of drug-likeness (QED) is 0.723. The van der Waals surface area contributed by atoms with Crippen molar-refractivity contribution < 1.29 is 24.2 Å². The lowest BCUT2D eigenvalue weighted by Crippen LogP contribution is -2.35. The molecule has 3 aliphatic carbocycles. The Morgan fingerprint density at radius 1 is 1.30 bits per heavy atom. The van der Waals surface area contributed by atoms with E-state index in [0.29, 0.717) is 30.0 Å². The lowest BCUT2D eigenvalue weighted by Gasteiger charge is -2.27. The van der Waals surface area contributed by atoms with Crippen molar-refractivity contribution in [3.63, 3.8) is 0 Å². The van der Waals surface area contributed by atoms with Gasteiger partial charge in [-0.3, -0.25) is 9.59 Å². The summed E-state index contributed by atoms with van der Waals surface area (Å²) in [5.74, 6) is -1.61. The van der Waals surface area contributed by atoms with Crippen LogP contribution in [0, 0.1) is 17.3 Å². The molecule has 1 heterocycles. The monoisotopic (exact) mass is 391 g/mol. The number of ether oxygens (including phenoxy) is 1. The van der Waals surface area contributed by atoms with E-state index in [4.69, 9.17) is 4.74 Å². The van der Waals surface area contributed by atoms with Gasteiger partial charge in [-0.15, -0.1) is 11.3 Å². The van der Waals surface area contributed by atoms with Crippen LogP contribution < -0.4 is 5.32 Å². The summed E-state index contributed by atoms with van der Waals surface area (Å²) in [6, 6.07) is 0. The van der Waals surface area contributed by atoms with E-state index in [2.05, 4.69) is 5.32 Å². The summed E-state index contributed by atoms with van der Waals surface area (Å²) in [5, 5.41) is 13.0. The zero-order valence-corrected chi connectivity index (χ0v) is 16.3. The van der Waals surface area contributed by atoms with Crippen molar-refractivity contribution in [3.8, 4) is 0 Å². The average molecular weight is 391 g/mol. The minimum atomic E-state index is -0.798. The summed E-state index contributed by atoms with van der Waals surface area (Å²) in [6.07, 6.45) is 6.10. The number of hydrogen-bond donors (Lipinski definition) is 2. The molecule has 3 aliphatic rings. The lowest BCUT2D eigenvalue weighted by atomic mass is 9.79. The van der Waals surface area contributed by atoms with Crippen molar-refractivity contribution in [1.82, 2.24) is 0 Å². The molecule has 0 aromatic carbocycles. The predicted octanol–water partition coefficient (Wildman–Crippen LogP) is 3.63. The van der Waals surface area contributed by atoms with E-state index in [-0.39, 0.29) is 17.8 Å². The van der Waals surface area contributed by atoms with Gasteiger partial charge in [0.05, 0.1) is 23.5 Å². The number of aryl methyl sites for hydroxylation is 1. The molecule has 3 unspecified atom stereocenters. The third kappa shape index (κ3) is 3.06. The molecule has 0 radical (unpaired) electrons. The van der Waals surface area contributed by atoms with Crippen LogP contribution in [0.4, 0.5) is 5.00 Å². The normalized spacial score (nSPS) is 28.2. The fourth-order valence-electron chi connectivity index (χ4n) is 5.08. The number of nitrogens with one attached hydrogen (secondary N) is 1. The predicted molar refractivity (Wildman–Crippen MR) is 101 cm³/mol. The number of carbonyl (C=O) groups excluding carboxylic acids is 2. The first-order chi connectivity index (χ1) is 12.9. The van der Waals surface area contributed by atoms with Crippen molar-refractivity contribution in [1.29, 1.82) is 0 Å². The van der Waals surface area contributed by atoms with Gasteiger partial charge >= 0.3 is 11.9 Å². The average Bonchev–Trinajstić information content (AvgIpc) is 3.38. The first-order valence-corrected chi connectivity index (χ1v) is 10.6. The Kier molecular flexibility index (Phi) is 4.74. The summed E-state index contributed by atoms with van der Waals surface area (Å²) in [4.78, 5) is 38.4. The van der Waals surface area contributed by atoms with Crippen LogP contribution in [0.2, 0.25) is 0 Å². The molecule has 0 spiro atoms. The topological polar surface area (TPSA) is 92.7 Å². The van der Waals surface area contributed by atoms with E-state index in [0.717, 1.165) is 49.0 Å². The van der Waals surface area contributed by atoms with Crippen LogP contribution in [0.5, 0.6) is 0 Å². The number of hydrogen-bond acceptors (Lipinski definition) is 5. The van der Waals surface area contributed by atoms with Crippen LogP contribution in [0.3, 0.4) is 0 Å². The van der Waals surface area contributed by atoms with Gasteiger partial charge in [-0.25, -0.2) is 4.79 Å². The number of thiophene rings is 1. The molecule has 1 aromatic heterocycles. The minimum absolute atomic E-state index is 0.0931. The zero-order chi connectivity index (χ0) is 19.2. The smallest absolute Gasteiger partial charge is 0.341 e. The molecule has 0 saturated heterocycles. The summed E-state index contributed by atoms with van der Waals surface area (Å²) in [7, 11) is 0. The Balaban J connectivity index is 1.57. The van der Waals surface area contributed by atoms with Crippen molar-refractivity contribution in [2.24, 2.45) is 17.3 Å². The van der Waals surface area contributed by atoms with Crippen LogP contribution in [-0.2, 0) is 27.2 Å². The number of carboxylic acids is 1. The number of rotatable bonds is 6. The van der Waals surface area contributed by atoms with Crippen molar-refractivity contribution in [2.75, 3.05) is 11.9 Å². The molecule has 6 nitrogen and oxygen atoms in total. The van der Waals surface area contributed by atoms with E-state index in [1.54, 1.807) is 0 Å². The van der Waals surface area contributed by atoms with Crippen LogP contribution in [-0.4, -0.2) is 29.6 Å². The third-order valence-corrected chi connectivity index (χ3v) is 7.62. The molecule has 2 bridgehead atoms. The largest absolute Gasteiger partial charge is 0.481 e. The number of carboxylic acid groups (broad SMARTS) is 1. The maximum absolute atomic E-state index is 13.1. The summed E-state index contributed by atoms with van der Waals surface area (Å²) in [5.41, 5.74) is 0.938. The first kappa shape index (κ1) is 18.5. The Morgan fingerprint density at radius 2 is 2.11 bits per heavy atom. The standard InChI is InChI=1S/C20H25NO5S/c1-2-8-26-18(24)15-12-4-3-5-14(12)27-16(15)21-19(25)20-7-6-11(9-20)13(10-20)17(22)23/h11,13H,2-10H2,1H3,(H,21,25)(H,22,23). The van der Waals surface area contributed by atoms with E-state index in [9.17, 15) is 19.5 Å². The number of carbonyl (C=O) groups is 3. The molecule has 4 rings (SSSR count). The highest BCUT2D eigenvalue weighted by atomic mass is 32.1. The molecular weight excluding hydrogens is 366 g/mol. The van der Waals surface area contributed by atoms with E-state index < -0.39 is 17.3 Å². The van der Waals surface area contributed by atoms with Crippen LogP contribution in [0.15, 0.2) is 0 Å². The fraction of sp³-hybridized carbons (Fsp3) is 0.650. The van der Waals surface area contributed by atoms with Gasteiger partial charge in [0, 0.05) is 4.88 Å². The second-order valence-electron chi connectivity index (χ2n) is 8.08. The van der Waals surface area contributed by atoms with Crippen molar-refractivity contribution in [2.45, 2.75) is 58.3 Å². The fourth-order valence-corrected chi connectivity index (χ4v) is 6.36. The number of amides is 1. The Bertz CT molecular complexity index is 801. The van der Waals surface area contributed by atoms with Gasteiger partial charge in [0.1, 0.15) is 5.00 Å². The second kappa shape index (κ2) is 6.93. The van der Waals surface area contributed by atoms with Gasteiger partial charge in [-0.2, -0.15) is 0 Å². The summed E-state index contributed by atoms with van der Waals surface area (Å²) in [6.45, 7) is 2.31. The van der Waals surface area contributed by atoms with Gasteiger partial charge in [-0.1, -0.05) is 6.92 Å². The highest BCUT2D eigenvalue weighted by Crippen LogP contribution is 2.57. The lowest BCUT2D eigenvalue weighted by molar-refractivity contribution is -0.144. The maximum atomic E-state index is 13.1. The molecule has 2 N–H and O–H groups in total. The molecule has 7 heteroatoms. The van der Waals surface area contributed by atoms with Crippen molar-refractivity contribution in [3.05, 3.63) is 16.0 Å². The molecule has 146 valence electrons. The number of aliphatic carboxylic acids is 1. The highest BCUT2D eigenvalue weighted by molar-refractivity contribution is 7.17. The SMILES string of the molecule is CCCOC(=O)c1c(NC(=O)C23CCC(C2)C(C(=O)O)C3)sc2c1CCC2. The molecule has 1 amide bonds. The summed E-state index contributed by atoms with van der Waals surface area (Å²) >= 11 is 1.48. The van der Waals surface area contributed by atoms with Crippen LogP contribution >= 0.6 is 11.3 Å². The second-order valence-corrected chi connectivity index (χ2v) is 9.19. The molecule has 3 atom stereocenters. The first-order valence-electron chi connectivity index (χ1n) is 9.81. The van der Waals surface area contributed by atoms with Gasteiger partial charge in [-0.05, 0) is 62.8 Å². The van der Waals surface area contributed by atoms with Gasteiger partial charge in [0.15, 0.2) is 0 Å². The zero-order valence-electron chi connectivity index (χ0n) is 15.5. The van der Waals surface area contributed by atoms with E-state index in [1.807, 2.05) is 6.92 Å². The number of anilines is 1. The van der Waals surface area contributed by atoms with E-state index >= 15 is 0 Å². The van der Waals surface area contributed by atoms with Crippen molar-refractivity contribution >= 4 is 34.2 Å². The Labute approximate surface area is 162 Å². The molecule has 2 fully saturated rings. The van der Waals surface area contributed by atoms with Gasteiger partial charge in [0.2, 0.25) is 5.91 Å². The minimum Gasteiger partial charge on any atom is -0.481 e.